The molecule has 2 aliphatic rings. The van der Waals surface area contributed by atoms with Crippen molar-refractivity contribution in [2.24, 2.45) is 11.7 Å². The Bertz CT molecular complexity index is 280. The zero-order valence-electron chi connectivity index (χ0n) is 12.5. The van der Waals surface area contributed by atoms with Gasteiger partial charge in [0.25, 0.3) is 0 Å². The Kier molecular flexibility index (Phi) is 4.05. The highest BCUT2D eigenvalue weighted by atomic mass is 16.5. The van der Waals surface area contributed by atoms with Crippen LogP contribution in [0.5, 0.6) is 0 Å². The maximum atomic E-state index is 6.44. The fraction of sp³-hybridized carbons (Fsp3) is 1.00. The van der Waals surface area contributed by atoms with E-state index in [0.29, 0.717) is 5.92 Å². The second-order valence-corrected chi connectivity index (χ2v) is 7.16. The van der Waals surface area contributed by atoms with Gasteiger partial charge < -0.3 is 15.4 Å². The van der Waals surface area contributed by atoms with Crippen LogP contribution in [-0.4, -0.2) is 41.8 Å². The summed E-state index contributed by atoms with van der Waals surface area (Å²) in [6.45, 7) is 12.2. The molecule has 2 saturated heterocycles. The van der Waals surface area contributed by atoms with Gasteiger partial charge in [0.1, 0.15) is 0 Å². The van der Waals surface area contributed by atoms with Crippen LogP contribution in [0.1, 0.15) is 53.4 Å². The van der Waals surface area contributed by atoms with E-state index in [1.54, 1.807) is 0 Å². The van der Waals surface area contributed by atoms with Crippen LogP contribution in [0.25, 0.3) is 0 Å². The number of hydrogen-bond acceptors (Lipinski definition) is 3. The van der Waals surface area contributed by atoms with Crippen molar-refractivity contribution in [1.29, 1.82) is 0 Å². The zero-order chi connectivity index (χ0) is 13.4. The Balaban J connectivity index is 2.02. The third kappa shape index (κ3) is 2.89. The molecule has 2 heterocycles. The number of likely N-dealkylation sites (tertiary alicyclic amines) is 1. The van der Waals surface area contributed by atoms with Gasteiger partial charge in [0.2, 0.25) is 0 Å². The Labute approximate surface area is 112 Å². The van der Waals surface area contributed by atoms with Crippen molar-refractivity contribution >= 4 is 0 Å². The molecule has 0 radical (unpaired) electrons. The predicted octanol–water partition coefficient (Wildman–Crippen LogP) is 2.39. The molecule has 2 unspecified atom stereocenters. The van der Waals surface area contributed by atoms with E-state index in [1.807, 2.05) is 0 Å². The molecule has 0 bridgehead atoms. The van der Waals surface area contributed by atoms with Gasteiger partial charge in [-0.15, -0.1) is 0 Å². The zero-order valence-corrected chi connectivity index (χ0v) is 12.5. The van der Waals surface area contributed by atoms with Crippen molar-refractivity contribution in [3.05, 3.63) is 0 Å². The van der Waals surface area contributed by atoms with Crippen molar-refractivity contribution in [3.8, 4) is 0 Å². The van der Waals surface area contributed by atoms with Crippen LogP contribution in [0.2, 0.25) is 0 Å². The topological polar surface area (TPSA) is 38.5 Å². The molecule has 0 aliphatic carbocycles. The van der Waals surface area contributed by atoms with Crippen molar-refractivity contribution in [1.82, 2.24) is 4.90 Å². The summed E-state index contributed by atoms with van der Waals surface area (Å²) >= 11 is 0. The summed E-state index contributed by atoms with van der Waals surface area (Å²) < 4.78 is 6.18. The van der Waals surface area contributed by atoms with Crippen LogP contribution in [0.3, 0.4) is 0 Å². The number of hydrogen-bond donors (Lipinski definition) is 1. The first-order chi connectivity index (χ1) is 8.33. The first kappa shape index (κ1) is 14.3. The Morgan fingerprint density at radius 3 is 2.00 bits per heavy atom. The van der Waals surface area contributed by atoms with Gasteiger partial charge in [-0.1, -0.05) is 12.8 Å². The lowest BCUT2D eigenvalue weighted by Gasteiger charge is -2.32. The van der Waals surface area contributed by atoms with E-state index >= 15 is 0 Å². The SMILES string of the molecule is CC1(C)OC(C)(C)C(CN2CCCCCC2)C1N. The lowest BCUT2D eigenvalue weighted by molar-refractivity contribution is -0.0784. The Hall–Kier alpha value is -0.120. The molecule has 2 fully saturated rings. The minimum absolute atomic E-state index is 0.102. The smallest absolute Gasteiger partial charge is 0.0788 e. The third-order valence-corrected chi connectivity index (χ3v) is 4.81. The van der Waals surface area contributed by atoms with E-state index in [4.69, 9.17) is 10.5 Å². The van der Waals surface area contributed by atoms with Gasteiger partial charge in [-0.3, -0.25) is 0 Å². The third-order valence-electron chi connectivity index (χ3n) is 4.81. The number of nitrogens with zero attached hydrogens (tertiary/aromatic N) is 1. The van der Waals surface area contributed by atoms with Crippen LogP contribution in [0.4, 0.5) is 0 Å². The minimum Gasteiger partial charge on any atom is -0.368 e. The lowest BCUT2D eigenvalue weighted by atomic mass is 9.82. The number of rotatable bonds is 2. The van der Waals surface area contributed by atoms with Crippen LogP contribution in [0.15, 0.2) is 0 Å². The maximum absolute atomic E-state index is 6.44. The van der Waals surface area contributed by atoms with Crippen LogP contribution < -0.4 is 5.73 Å². The summed E-state index contributed by atoms with van der Waals surface area (Å²) in [5.41, 5.74) is 6.14. The van der Waals surface area contributed by atoms with Gasteiger partial charge in [-0.2, -0.15) is 0 Å². The van der Waals surface area contributed by atoms with Crippen molar-refractivity contribution < 1.29 is 4.74 Å². The number of nitrogens with two attached hydrogens (primary N) is 1. The Morgan fingerprint density at radius 2 is 1.56 bits per heavy atom. The largest absolute Gasteiger partial charge is 0.368 e. The molecule has 106 valence electrons. The summed E-state index contributed by atoms with van der Waals surface area (Å²) in [4.78, 5) is 2.60. The molecule has 2 rings (SSSR count). The van der Waals surface area contributed by atoms with Gasteiger partial charge in [0.05, 0.1) is 11.2 Å². The normalized spacial score (nSPS) is 36.5. The van der Waals surface area contributed by atoms with Gasteiger partial charge in [-0.05, 0) is 53.6 Å². The molecule has 0 spiro atoms. The highest BCUT2D eigenvalue weighted by Crippen LogP contribution is 2.41. The molecule has 0 amide bonds. The van der Waals surface area contributed by atoms with Gasteiger partial charge in [-0.25, -0.2) is 0 Å². The molecule has 2 aliphatic heterocycles. The van der Waals surface area contributed by atoms with Gasteiger partial charge >= 0.3 is 0 Å². The average Bonchev–Trinajstić information content (AvgIpc) is 2.49. The first-order valence-electron chi connectivity index (χ1n) is 7.51. The van der Waals surface area contributed by atoms with Gasteiger partial charge in [0, 0.05) is 18.5 Å². The van der Waals surface area contributed by atoms with Crippen molar-refractivity contribution in [2.75, 3.05) is 19.6 Å². The fourth-order valence-electron chi connectivity index (χ4n) is 3.67. The highest BCUT2D eigenvalue weighted by molar-refractivity contribution is 5.04. The number of ether oxygens (including phenoxy) is 1. The summed E-state index contributed by atoms with van der Waals surface area (Å²) in [5.74, 6) is 0.436. The van der Waals surface area contributed by atoms with E-state index < -0.39 is 0 Å². The van der Waals surface area contributed by atoms with Crippen LogP contribution >= 0.6 is 0 Å². The monoisotopic (exact) mass is 254 g/mol. The molecule has 0 aromatic heterocycles. The summed E-state index contributed by atoms with van der Waals surface area (Å²) in [6, 6.07) is 0.135. The predicted molar refractivity (Wildman–Crippen MR) is 75.6 cm³/mol. The van der Waals surface area contributed by atoms with Crippen molar-refractivity contribution in [3.63, 3.8) is 0 Å². The second kappa shape index (κ2) is 5.10. The van der Waals surface area contributed by atoms with E-state index in [9.17, 15) is 0 Å². The standard InChI is InChI=1S/C15H30N2O/c1-14(2)12(13(16)15(3,4)18-14)11-17-9-7-5-6-8-10-17/h12-13H,5-11,16H2,1-4H3. The van der Waals surface area contributed by atoms with Crippen LogP contribution in [0, 0.1) is 5.92 Å². The quantitative estimate of drug-likeness (QED) is 0.822. The summed E-state index contributed by atoms with van der Waals surface area (Å²) in [6.07, 6.45) is 5.45. The molecule has 3 heteroatoms. The highest BCUT2D eigenvalue weighted by Gasteiger charge is 2.52. The Morgan fingerprint density at radius 1 is 1.00 bits per heavy atom. The molecular weight excluding hydrogens is 224 g/mol. The average molecular weight is 254 g/mol. The van der Waals surface area contributed by atoms with E-state index in [0.717, 1.165) is 6.54 Å². The van der Waals surface area contributed by atoms with E-state index in [-0.39, 0.29) is 17.2 Å². The molecule has 0 saturated carbocycles. The van der Waals surface area contributed by atoms with Crippen LogP contribution in [-0.2, 0) is 4.74 Å². The summed E-state index contributed by atoms with van der Waals surface area (Å²) in [7, 11) is 0. The molecular formula is C15H30N2O. The molecule has 2 atom stereocenters. The second-order valence-electron chi connectivity index (χ2n) is 7.16. The van der Waals surface area contributed by atoms with Gasteiger partial charge in [0.15, 0.2) is 0 Å². The fourth-order valence-corrected chi connectivity index (χ4v) is 3.67. The minimum atomic E-state index is -0.194. The lowest BCUT2D eigenvalue weighted by Crippen LogP contribution is -2.48. The maximum Gasteiger partial charge on any atom is 0.0788 e. The molecule has 0 aromatic rings. The molecule has 2 N–H and O–H groups in total. The van der Waals surface area contributed by atoms with E-state index in [1.165, 1.54) is 38.8 Å². The summed E-state index contributed by atoms with van der Waals surface area (Å²) in [5, 5.41) is 0. The molecule has 3 nitrogen and oxygen atoms in total. The molecule has 0 aromatic carbocycles. The van der Waals surface area contributed by atoms with Crippen molar-refractivity contribution in [2.45, 2.75) is 70.6 Å². The first-order valence-corrected chi connectivity index (χ1v) is 7.51. The van der Waals surface area contributed by atoms with E-state index in [2.05, 4.69) is 32.6 Å². The molecule has 18 heavy (non-hydrogen) atoms.